The fourth-order valence-electron chi connectivity index (χ4n) is 4.36. The Morgan fingerprint density at radius 1 is 1.28 bits per heavy atom. The number of hydrazine groups is 1. The Labute approximate surface area is 208 Å². The quantitative estimate of drug-likeness (QED) is 0.0904. The van der Waals surface area contributed by atoms with Crippen molar-refractivity contribution in [3.8, 4) is 0 Å². The first-order valence-corrected chi connectivity index (χ1v) is 11.8. The van der Waals surface area contributed by atoms with Gasteiger partial charge in [0.2, 0.25) is 11.8 Å². The molecule has 8 N–H and O–H groups in total. The fourth-order valence-corrected chi connectivity index (χ4v) is 4.36. The lowest BCUT2D eigenvalue weighted by Gasteiger charge is -2.44. The minimum atomic E-state index is -1.02. The highest BCUT2D eigenvalue weighted by Crippen LogP contribution is 2.30. The van der Waals surface area contributed by atoms with Gasteiger partial charge in [-0.05, 0) is 44.2 Å². The minimum Gasteiger partial charge on any atom is -0.370 e. The molecule has 3 amide bonds. The maximum Gasteiger partial charge on any atom is 0.269 e. The van der Waals surface area contributed by atoms with Gasteiger partial charge in [0.05, 0.1) is 10.5 Å². The lowest BCUT2D eigenvalue weighted by Crippen LogP contribution is -2.66. The number of guanidine groups is 1. The molecular formula is C22H33N9O5. The number of carbonyl (C=O) groups is 3. The molecule has 0 unspecified atom stereocenters. The molecule has 2 heterocycles. The van der Waals surface area contributed by atoms with Gasteiger partial charge in [0, 0.05) is 37.5 Å². The number of benzene rings is 1. The van der Waals surface area contributed by atoms with Crippen LogP contribution in [-0.2, 0) is 14.4 Å². The molecule has 0 aromatic heterocycles. The molecule has 2 aliphatic rings. The normalized spacial score (nSPS) is 22.4. The van der Waals surface area contributed by atoms with E-state index in [1.165, 1.54) is 29.3 Å². The highest BCUT2D eigenvalue weighted by Gasteiger charge is 2.50. The molecule has 0 spiro atoms. The number of rotatable bonds is 10. The van der Waals surface area contributed by atoms with Gasteiger partial charge in [-0.3, -0.25) is 34.5 Å². The molecule has 3 rings (SSSR count). The van der Waals surface area contributed by atoms with E-state index in [0.717, 1.165) is 0 Å². The number of fused-ring (bicyclic) bond motifs is 1. The highest BCUT2D eigenvalue weighted by molar-refractivity contribution is 5.99. The third kappa shape index (κ3) is 6.07. The molecule has 36 heavy (non-hydrogen) atoms. The van der Waals surface area contributed by atoms with E-state index < -0.39 is 34.4 Å². The Morgan fingerprint density at radius 3 is 2.58 bits per heavy atom. The maximum atomic E-state index is 13.3. The number of nitrogens with two attached hydrogens (primary N) is 3. The van der Waals surface area contributed by atoms with E-state index in [1.807, 2.05) is 11.9 Å². The number of hydrogen-bond acceptors (Lipinski definition) is 8. The number of non-ortho nitro benzene ring substituents is 1. The third-order valence-electron chi connectivity index (χ3n) is 6.57. The molecule has 2 fully saturated rings. The van der Waals surface area contributed by atoms with Crippen molar-refractivity contribution in [2.24, 2.45) is 22.2 Å². The molecule has 14 nitrogen and oxygen atoms in total. The zero-order valence-corrected chi connectivity index (χ0v) is 20.2. The first kappa shape index (κ1) is 26.8. The second kappa shape index (κ2) is 11.3. The zero-order chi connectivity index (χ0) is 26.5. The second-order valence-corrected chi connectivity index (χ2v) is 8.97. The van der Waals surface area contributed by atoms with Gasteiger partial charge in [0.25, 0.3) is 11.6 Å². The van der Waals surface area contributed by atoms with Crippen molar-refractivity contribution in [3.63, 3.8) is 0 Å². The van der Waals surface area contributed by atoms with E-state index >= 15 is 0 Å². The lowest BCUT2D eigenvalue weighted by molar-refractivity contribution is -0.384. The summed E-state index contributed by atoms with van der Waals surface area (Å²) in [6.07, 6.45) is 2.01. The van der Waals surface area contributed by atoms with Gasteiger partial charge in [-0.1, -0.05) is 6.92 Å². The van der Waals surface area contributed by atoms with Crippen molar-refractivity contribution in [1.29, 1.82) is 0 Å². The van der Waals surface area contributed by atoms with Crippen molar-refractivity contribution >= 4 is 35.1 Å². The molecule has 14 heteroatoms. The maximum absolute atomic E-state index is 13.3. The summed E-state index contributed by atoms with van der Waals surface area (Å²) in [4.78, 5) is 53.7. The molecular weight excluding hydrogens is 470 g/mol. The molecule has 196 valence electrons. The van der Waals surface area contributed by atoms with Gasteiger partial charge in [0.1, 0.15) is 12.1 Å². The van der Waals surface area contributed by atoms with Crippen LogP contribution in [0.2, 0.25) is 0 Å². The number of anilines is 1. The summed E-state index contributed by atoms with van der Waals surface area (Å²) in [6.45, 7) is 3.21. The Morgan fingerprint density at radius 2 is 1.97 bits per heavy atom. The summed E-state index contributed by atoms with van der Waals surface area (Å²) >= 11 is 0. The summed E-state index contributed by atoms with van der Waals surface area (Å²) in [6, 6.07) is 3.61. The number of amides is 3. The van der Waals surface area contributed by atoms with Crippen LogP contribution in [0.1, 0.15) is 39.0 Å². The molecule has 0 saturated carbocycles. The van der Waals surface area contributed by atoms with Crippen LogP contribution in [0.3, 0.4) is 0 Å². The largest absolute Gasteiger partial charge is 0.370 e. The fraction of sp³-hybridized carbons (Fsp3) is 0.545. The van der Waals surface area contributed by atoms with E-state index in [9.17, 15) is 24.5 Å². The van der Waals surface area contributed by atoms with Gasteiger partial charge < -0.3 is 27.8 Å². The van der Waals surface area contributed by atoms with Crippen LogP contribution in [0.5, 0.6) is 0 Å². The first-order chi connectivity index (χ1) is 17.1. The van der Waals surface area contributed by atoms with Gasteiger partial charge >= 0.3 is 0 Å². The second-order valence-electron chi connectivity index (χ2n) is 8.97. The van der Waals surface area contributed by atoms with Crippen LogP contribution in [0, 0.1) is 10.1 Å². The van der Waals surface area contributed by atoms with Crippen LogP contribution in [0.4, 0.5) is 11.4 Å². The monoisotopic (exact) mass is 503 g/mol. The minimum absolute atomic E-state index is 0.0817. The Hall–Kier alpha value is -3.78. The van der Waals surface area contributed by atoms with Crippen molar-refractivity contribution in [2.45, 2.75) is 56.7 Å². The highest BCUT2D eigenvalue weighted by atomic mass is 16.6. The van der Waals surface area contributed by atoms with E-state index in [1.54, 1.807) is 0 Å². The number of carbonyl (C=O) groups excluding carboxylic acids is 3. The molecule has 1 aromatic carbocycles. The summed E-state index contributed by atoms with van der Waals surface area (Å²) in [5, 5.41) is 19.6. The molecule has 2 aliphatic heterocycles. The number of nitrogens with one attached hydrogen (secondary N) is 2. The molecule has 0 aliphatic carbocycles. The summed E-state index contributed by atoms with van der Waals surface area (Å²) in [5.41, 5.74) is 16.2. The Balaban J connectivity index is 1.72. The van der Waals surface area contributed by atoms with Crippen LogP contribution in [0.15, 0.2) is 29.3 Å². The third-order valence-corrected chi connectivity index (χ3v) is 6.57. The number of nitro benzene ring substituents is 1. The molecule has 2 saturated heterocycles. The van der Waals surface area contributed by atoms with Gasteiger partial charge in [0.15, 0.2) is 5.96 Å². The average Bonchev–Trinajstić information content (AvgIpc) is 3.28. The summed E-state index contributed by atoms with van der Waals surface area (Å²) < 4.78 is 0. The van der Waals surface area contributed by atoms with Crippen molar-refractivity contribution in [3.05, 3.63) is 34.4 Å². The van der Waals surface area contributed by atoms with Crippen molar-refractivity contribution < 1.29 is 19.3 Å². The predicted molar refractivity (Wildman–Crippen MR) is 132 cm³/mol. The summed E-state index contributed by atoms with van der Waals surface area (Å²) in [7, 11) is 0. The van der Waals surface area contributed by atoms with Crippen molar-refractivity contribution in [1.82, 2.24) is 15.3 Å². The van der Waals surface area contributed by atoms with Crippen LogP contribution in [-0.4, -0.2) is 75.9 Å². The zero-order valence-electron chi connectivity index (χ0n) is 20.2. The van der Waals surface area contributed by atoms with E-state index in [0.29, 0.717) is 44.5 Å². The number of nitro groups is 1. The van der Waals surface area contributed by atoms with E-state index in [2.05, 4.69) is 15.6 Å². The van der Waals surface area contributed by atoms with Crippen LogP contribution < -0.4 is 27.8 Å². The number of aliphatic imine (C=N–C) groups is 1. The summed E-state index contributed by atoms with van der Waals surface area (Å²) in [5.74, 6) is -1.35. The van der Waals surface area contributed by atoms with Gasteiger partial charge in [-0.2, -0.15) is 0 Å². The average molecular weight is 504 g/mol. The standard InChI is InChI=1S/C22H33N9O5/c1-2-22(25)10-13-29-12-9-17(30(29)20(22)34)19(33)28-16(4-3-11-26-21(23)24)18(32)27-14-5-7-15(8-6-14)31(35)36/h5-8,16-17H,2-4,9-13,25H2,1H3,(H,27,32)(H,28,33)(H4,23,24,26)/t16-,17-,22-/m0/s1. The van der Waals surface area contributed by atoms with Gasteiger partial charge in [-0.15, -0.1) is 0 Å². The van der Waals surface area contributed by atoms with Crippen LogP contribution >= 0.6 is 0 Å². The first-order valence-electron chi connectivity index (χ1n) is 11.8. The SMILES string of the molecule is CC[C@]1(N)CCN2CC[C@@H](C(=O)N[C@@H](CCCN=C(N)N)C(=O)Nc3ccc([N+](=O)[O-])cc3)N2C1=O. The van der Waals surface area contributed by atoms with E-state index in [4.69, 9.17) is 17.2 Å². The Bertz CT molecular complexity index is 1030. The molecule has 1 aromatic rings. The van der Waals surface area contributed by atoms with Crippen LogP contribution in [0.25, 0.3) is 0 Å². The Kier molecular flexibility index (Phi) is 8.42. The van der Waals surface area contributed by atoms with Crippen molar-refractivity contribution in [2.75, 3.05) is 25.0 Å². The lowest BCUT2D eigenvalue weighted by atomic mass is 9.90. The topological polar surface area (TPSA) is 215 Å². The predicted octanol–water partition coefficient (Wildman–Crippen LogP) is -0.599. The smallest absolute Gasteiger partial charge is 0.269 e. The number of nitrogens with zero attached hydrogens (tertiary/aromatic N) is 4. The molecule has 0 bridgehead atoms. The molecule has 0 radical (unpaired) electrons. The van der Waals surface area contributed by atoms with E-state index in [-0.39, 0.29) is 30.5 Å². The molecule has 3 atom stereocenters. The number of hydrogen-bond donors (Lipinski definition) is 5. The van der Waals surface area contributed by atoms with Gasteiger partial charge in [-0.25, -0.2) is 5.01 Å².